The Morgan fingerprint density at radius 3 is 2.47 bits per heavy atom. The predicted molar refractivity (Wildman–Crippen MR) is 118 cm³/mol. The Labute approximate surface area is 183 Å². The van der Waals surface area contributed by atoms with E-state index < -0.39 is 0 Å². The first kappa shape index (κ1) is 22.6. The van der Waals surface area contributed by atoms with Crippen molar-refractivity contribution in [3.63, 3.8) is 0 Å². The molecule has 0 spiro atoms. The smallest absolute Gasteiger partial charge is 0.305 e. The summed E-state index contributed by atoms with van der Waals surface area (Å²) in [6.07, 6.45) is 9.82. The van der Waals surface area contributed by atoms with Gasteiger partial charge in [0.2, 0.25) is 0 Å². The molecule has 4 saturated carbocycles. The zero-order valence-electron chi connectivity index (χ0n) is 19.6. The van der Waals surface area contributed by atoms with Crippen LogP contribution in [-0.2, 0) is 9.53 Å². The summed E-state index contributed by atoms with van der Waals surface area (Å²) in [4.78, 5) is 11.9. The van der Waals surface area contributed by atoms with Crippen LogP contribution >= 0.6 is 0 Å². The van der Waals surface area contributed by atoms with Crippen LogP contribution in [-0.4, -0.2) is 35.0 Å². The molecule has 30 heavy (non-hydrogen) atoms. The van der Waals surface area contributed by atoms with E-state index in [-0.39, 0.29) is 29.0 Å². The first-order valence-corrected chi connectivity index (χ1v) is 12.7. The second-order valence-corrected chi connectivity index (χ2v) is 11.8. The van der Waals surface area contributed by atoms with E-state index >= 15 is 0 Å². The van der Waals surface area contributed by atoms with Crippen LogP contribution in [0.15, 0.2) is 0 Å². The summed E-state index contributed by atoms with van der Waals surface area (Å²) in [6.45, 7) is 9.65. The molecule has 4 rings (SSSR count). The Hall–Kier alpha value is -0.610. The average Bonchev–Trinajstić information content (AvgIpc) is 3.05. The highest BCUT2D eigenvalue weighted by molar-refractivity contribution is 5.69. The minimum absolute atomic E-state index is 0.0612. The van der Waals surface area contributed by atoms with Gasteiger partial charge in [-0.2, -0.15) is 0 Å². The van der Waals surface area contributed by atoms with Crippen molar-refractivity contribution in [2.45, 2.75) is 104 Å². The Balaban J connectivity index is 1.49. The maximum atomic E-state index is 11.9. The average molecular weight is 421 g/mol. The fraction of sp³-hybridized carbons (Fsp3) is 0.962. The Morgan fingerprint density at radius 1 is 1.03 bits per heavy atom. The van der Waals surface area contributed by atoms with Gasteiger partial charge in [0.1, 0.15) is 0 Å². The van der Waals surface area contributed by atoms with Gasteiger partial charge in [0.15, 0.2) is 0 Å². The number of esters is 1. The van der Waals surface area contributed by atoms with Crippen LogP contribution in [0.25, 0.3) is 0 Å². The molecule has 4 aliphatic rings. The number of hydrogen-bond donors (Lipinski definition) is 2. The summed E-state index contributed by atoms with van der Waals surface area (Å²) in [5, 5.41) is 21.6. The van der Waals surface area contributed by atoms with E-state index in [1.165, 1.54) is 25.7 Å². The number of ether oxygens (including phenoxy) is 1. The topological polar surface area (TPSA) is 66.8 Å². The van der Waals surface area contributed by atoms with E-state index in [0.29, 0.717) is 48.5 Å². The third-order valence-corrected chi connectivity index (χ3v) is 10.5. The number of aliphatic hydroxyl groups excluding tert-OH is 2. The van der Waals surface area contributed by atoms with E-state index in [4.69, 9.17) is 4.74 Å². The molecule has 0 saturated heterocycles. The lowest BCUT2D eigenvalue weighted by Gasteiger charge is -2.62. The summed E-state index contributed by atoms with van der Waals surface area (Å²) < 4.78 is 5.15. The van der Waals surface area contributed by atoms with Gasteiger partial charge in [0, 0.05) is 6.42 Å². The van der Waals surface area contributed by atoms with E-state index in [1.54, 1.807) is 0 Å². The first-order valence-electron chi connectivity index (χ1n) is 12.7. The number of rotatable bonds is 5. The molecule has 0 bridgehead atoms. The summed E-state index contributed by atoms with van der Waals surface area (Å²) in [5.74, 6) is 3.20. The third-order valence-electron chi connectivity index (χ3n) is 10.5. The lowest BCUT2D eigenvalue weighted by Crippen LogP contribution is -2.58. The third kappa shape index (κ3) is 3.64. The lowest BCUT2D eigenvalue weighted by atomic mass is 9.43. The van der Waals surface area contributed by atoms with E-state index in [0.717, 1.165) is 32.1 Å². The summed E-state index contributed by atoms with van der Waals surface area (Å²) in [6, 6.07) is 0. The van der Waals surface area contributed by atoms with Crippen molar-refractivity contribution >= 4 is 5.97 Å². The molecule has 4 aliphatic carbocycles. The molecule has 10 atom stereocenters. The van der Waals surface area contributed by atoms with Crippen molar-refractivity contribution in [3.05, 3.63) is 0 Å². The SMILES string of the molecule is CCOC(=O)CC[C@@H](C)C1CCC2C3C(CC[C@@]21C)[C@@]1(C)CC[C@@H](O)C[C@H]1C[C@@H]3O. The van der Waals surface area contributed by atoms with Crippen LogP contribution in [0.5, 0.6) is 0 Å². The van der Waals surface area contributed by atoms with Gasteiger partial charge in [-0.15, -0.1) is 0 Å². The van der Waals surface area contributed by atoms with Crippen molar-refractivity contribution in [1.82, 2.24) is 0 Å². The predicted octanol–water partition coefficient (Wildman–Crippen LogP) is 4.96. The number of fused-ring (bicyclic) bond motifs is 5. The van der Waals surface area contributed by atoms with Gasteiger partial charge < -0.3 is 14.9 Å². The van der Waals surface area contributed by atoms with Crippen LogP contribution in [0.4, 0.5) is 0 Å². The molecule has 0 aromatic heterocycles. The molecule has 172 valence electrons. The molecule has 0 radical (unpaired) electrons. The molecule has 0 aromatic carbocycles. The van der Waals surface area contributed by atoms with Crippen LogP contribution in [0.2, 0.25) is 0 Å². The first-order chi connectivity index (χ1) is 14.2. The van der Waals surface area contributed by atoms with Gasteiger partial charge >= 0.3 is 5.97 Å². The summed E-state index contributed by atoms with van der Waals surface area (Å²) in [5.41, 5.74) is 0.575. The van der Waals surface area contributed by atoms with Crippen molar-refractivity contribution in [2.24, 2.45) is 46.3 Å². The van der Waals surface area contributed by atoms with E-state index in [9.17, 15) is 15.0 Å². The van der Waals surface area contributed by atoms with Crippen LogP contribution < -0.4 is 0 Å². The van der Waals surface area contributed by atoms with Crippen molar-refractivity contribution in [1.29, 1.82) is 0 Å². The highest BCUT2D eigenvalue weighted by Crippen LogP contribution is 2.68. The lowest BCUT2D eigenvalue weighted by molar-refractivity contribution is -0.174. The van der Waals surface area contributed by atoms with E-state index in [2.05, 4.69) is 20.8 Å². The van der Waals surface area contributed by atoms with Gasteiger partial charge in [0.05, 0.1) is 18.8 Å². The van der Waals surface area contributed by atoms with Gasteiger partial charge in [0.25, 0.3) is 0 Å². The Morgan fingerprint density at radius 2 is 1.73 bits per heavy atom. The van der Waals surface area contributed by atoms with Gasteiger partial charge in [-0.3, -0.25) is 4.79 Å². The second-order valence-electron chi connectivity index (χ2n) is 11.8. The maximum absolute atomic E-state index is 11.9. The molecule has 0 aromatic rings. The minimum atomic E-state index is -0.211. The second kappa shape index (κ2) is 8.39. The molecule has 4 fully saturated rings. The normalized spacial score (nSPS) is 48.9. The maximum Gasteiger partial charge on any atom is 0.305 e. The van der Waals surface area contributed by atoms with Crippen molar-refractivity contribution in [3.8, 4) is 0 Å². The standard InChI is InChI=1S/C26H44O4/c1-5-30-23(29)9-6-16(2)19-7-8-20-24-21(11-13-26(19,20)4)25(3)12-10-18(27)14-17(25)15-22(24)28/h16-22,24,27-28H,5-15H2,1-4H3/t16-,17+,18-,19?,20?,21?,22+,24?,25+,26-/m1/s1. The summed E-state index contributed by atoms with van der Waals surface area (Å²) in [7, 11) is 0. The highest BCUT2D eigenvalue weighted by atomic mass is 16.5. The number of aliphatic hydroxyl groups is 2. The van der Waals surface area contributed by atoms with Crippen LogP contribution in [0.1, 0.15) is 91.9 Å². The highest BCUT2D eigenvalue weighted by Gasteiger charge is 2.62. The number of hydrogen-bond acceptors (Lipinski definition) is 4. The van der Waals surface area contributed by atoms with Gasteiger partial charge in [-0.05, 0) is 111 Å². The Kier molecular flexibility index (Phi) is 6.31. The molecule has 0 aliphatic heterocycles. The van der Waals surface area contributed by atoms with Gasteiger partial charge in [-0.1, -0.05) is 20.8 Å². The molecular weight excluding hydrogens is 376 g/mol. The molecule has 4 nitrogen and oxygen atoms in total. The van der Waals surface area contributed by atoms with E-state index in [1.807, 2.05) is 6.92 Å². The minimum Gasteiger partial charge on any atom is -0.466 e. The monoisotopic (exact) mass is 420 g/mol. The van der Waals surface area contributed by atoms with Crippen molar-refractivity contribution < 1.29 is 19.7 Å². The van der Waals surface area contributed by atoms with Crippen molar-refractivity contribution in [2.75, 3.05) is 6.61 Å². The summed E-state index contributed by atoms with van der Waals surface area (Å²) >= 11 is 0. The van der Waals surface area contributed by atoms with Gasteiger partial charge in [-0.25, -0.2) is 0 Å². The Bertz CT molecular complexity index is 635. The zero-order valence-corrected chi connectivity index (χ0v) is 19.6. The fourth-order valence-electron chi connectivity index (χ4n) is 8.96. The quantitative estimate of drug-likeness (QED) is 0.617. The molecule has 0 amide bonds. The number of carbonyl (C=O) groups excluding carboxylic acids is 1. The molecule has 0 heterocycles. The van der Waals surface area contributed by atoms with Crippen LogP contribution in [0, 0.1) is 46.3 Å². The molecular formula is C26H44O4. The number of carbonyl (C=O) groups is 1. The molecule has 2 N–H and O–H groups in total. The molecule has 4 heteroatoms. The zero-order chi connectivity index (χ0) is 21.7. The fourth-order valence-corrected chi connectivity index (χ4v) is 8.96. The molecule has 4 unspecified atom stereocenters. The van der Waals surface area contributed by atoms with Crippen LogP contribution in [0.3, 0.4) is 0 Å². The largest absolute Gasteiger partial charge is 0.466 e.